The maximum Gasteiger partial charge on any atom is 0.489 e. The monoisotopic (exact) mass is 932 g/mol. The van der Waals surface area contributed by atoms with Crippen LogP contribution in [-0.2, 0) is 0 Å². The molecule has 0 amide bonds. The number of nitrogens with zero attached hydrogens (tertiary/aromatic N) is 6. The highest BCUT2D eigenvalue weighted by Crippen LogP contribution is 2.43. The van der Waals surface area contributed by atoms with E-state index in [1.807, 2.05) is 46.2 Å². The summed E-state index contributed by atoms with van der Waals surface area (Å²) in [6.07, 6.45) is 12.0. The molecule has 2 aliphatic carbocycles. The quantitative estimate of drug-likeness (QED) is 0.0928. The summed E-state index contributed by atoms with van der Waals surface area (Å²) in [5.74, 6) is 5.12. The van der Waals surface area contributed by atoms with Crippen molar-refractivity contribution in [1.29, 1.82) is 0 Å². The van der Waals surface area contributed by atoms with E-state index in [9.17, 15) is 0 Å². The third-order valence-electron chi connectivity index (χ3n) is 11.7. The molecular weight excluding hydrogens is 890 g/mol. The number of nitrogens with one attached hydrogen (secondary N) is 2. The molecule has 6 aromatic heterocycles. The van der Waals surface area contributed by atoms with Gasteiger partial charge in [0.2, 0.25) is 0 Å². The molecule has 308 valence electrons. The van der Waals surface area contributed by atoms with Crippen LogP contribution in [0.1, 0.15) is 72.1 Å². The zero-order valence-corrected chi connectivity index (χ0v) is 36.7. The number of hydrogen-bond donors (Lipinski definition) is 4. The van der Waals surface area contributed by atoms with Gasteiger partial charge in [0.1, 0.15) is 28.7 Å². The zero-order chi connectivity index (χ0) is 42.6. The molecular formula is C48H42BIN8O4. The third kappa shape index (κ3) is 7.67. The van der Waals surface area contributed by atoms with Gasteiger partial charge in [0.15, 0.2) is 0 Å². The SMILES string of the molecule is Cc1noc(C)c1-c1cc(-c2cccc3cnccc23)c2nc(C3CC3)[nH]c2c1.Cc1noc(C)c1-c1cc(I)c2nc(C3CC3)[nH]c2c1.OB(O)c1cccc2cnccc12. The van der Waals surface area contributed by atoms with Crippen LogP contribution in [-0.4, -0.2) is 57.4 Å². The van der Waals surface area contributed by atoms with Gasteiger partial charge in [-0.2, -0.15) is 0 Å². The molecule has 2 saturated carbocycles. The van der Waals surface area contributed by atoms with Crippen LogP contribution in [0.4, 0.5) is 0 Å². The van der Waals surface area contributed by atoms with Gasteiger partial charge in [-0.1, -0.05) is 46.7 Å². The molecule has 0 atom stereocenters. The number of pyridine rings is 2. The van der Waals surface area contributed by atoms with Crippen molar-refractivity contribution in [1.82, 2.24) is 40.2 Å². The highest BCUT2D eigenvalue weighted by molar-refractivity contribution is 14.1. The summed E-state index contributed by atoms with van der Waals surface area (Å²) in [4.78, 5) is 25.0. The minimum absolute atomic E-state index is 0.514. The molecule has 6 heterocycles. The Morgan fingerprint density at radius 3 is 1.73 bits per heavy atom. The molecule has 0 bridgehead atoms. The summed E-state index contributed by atoms with van der Waals surface area (Å²) in [7, 11) is -1.42. The maximum absolute atomic E-state index is 9.06. The van der Waals surface area contributed by atoms with Crippen molar-refractivity contribution in [3.63, 3.8) is 0 Å². The first-order chi connectivity index (χ1) is 30.1. The summed E-state index contributed by atoms with van der Waals surface area (Å²) >= 11 is 2.36. The lowest BCUT2D eigenvalue weighted by Gasteiger charge is -2.10. The average molecular weight is 933 g/mol. The normalized spacial score (nSPS) is 13.7. The average Bonchev–Trinajstić information content (AvgIpc) is 4.17. The first-order valence-electron chi connectivity index (χ1n) is 20.7. The van der Waals surface area contributed by atoms with Gasteiger partial charge in [-0.15, -0.1) is 0 Å². The second kappa shape index (κ2) is 16.2. The Hall–Kier alpha value is -6.23. The van der Waals surface area contributed by atoms with E-state index in [4.69, 9.17) is 29.1 Å². The number of fused-ring (bicyclic) bond motifs is 4. The second-order valence-electron chi connectivity index (χ2n) is 16.2. The van der Waals surface area contributed by atoms with E-state index in [-0.39, 0.29) is 0 Å². The molecule has 0 saturated heterocycles. The van der Waals surface area contributed by atoms with Crippen LogP contribution in [0.2, 0.25) is 0 Å². The molecule has 0 radical (unpaired) electrons. The van der Waals surface area contributed by atoms with Crippen LogP contribution < -0.4 is 5.46 Å². The van der Waals surface area contributed by atoms with E-state index in [0.29, 0.717) is 17.3 Å². The Balaban J connectivity index is 0.000000120. The highest BCUT2D eigenvalue weighted by atomic mass is 127. The molecule has 12 rings (SSSR count). The number of rotatable bonds is 6. The first-order valence-corrected chi connectivity index (χ1v) is 21.8. The molecule has 12 nitrogen and oxygen atoms in total. The van der Waals surface area contributed by atoms with Gasteiger partial charge in [0.25, 0.3) is 0 Å². The smallest absolute Gasteiger partial charge is 0.423 e. The van der Waals surface area contributed by atoms with Crippen LogP contribution in [0.5, 0.6) is 0 Å². The summed E-state index contributed by atoms with van der Waals surface area (Å²) in [6, 6.07) is 24.3. The van der Waals surface area contributed by atoms with Gasteiger partial charge in [-0.25, -0.2) is 9.97 Å². The first kappa shape index (κ1) is 39.9. The van der Waals surface area contributed by atoms with Gasteiger partial charge >= 0.3 is 7.12 Å². The van der Waals surface area contributed by atoms with Crippen LogP contribution in [0.25, 0.3) is 77.0 Å². The van der Waals surface area contributed by atoms with E-state index in [1.54, 1.807) is 30.6 Å². The lowest BCUT2D eigenvalue weighted by atomic mass is 9.77. The van der Waals surface area contributed by atoms with Gasteiger partial charge < -0.3 is 29.1 Å². The van der Waals surface area contributed by atoms with Crippen molar-refractivity contribution in [2.24, 2.45) is 0 Å². The third-order valence-corrected chi connectivity index (χ3v) is 12.5. The molecule has 2 fully saturated rings. The Morgan fingerprint density at radius 1 is 0.629 bits per heavy atom. The number of benzene rings is 4. The summed E-state index contributed by atoms with van der Waals surface area (Å²) in [6.45, 7) is 7.88. The largest absolute Gasteiger partial charge is 0.489 e. The molecule has 4 aromatic carbocycles. The van der Waals surface area contributed by atoms with E-state index < -0.39 is 7.12 Å². The minimum Gasteiger partial charge on any atom is -0.423 e. The Bertz CT molecular complexity index is 3240. The Labute approximate surface area is 370 Å². The lowest BCUT2D eigenvalue weighted by molar-refractivity contribution is 0.393. The summed E-state index contributed by atoms with van der Waals surface area (Å²) in [5.41, 5.74) is 13.3. The van der Waals surface area contributed by atoms with Gasteiger partial charge in [-0.05, 0) is 151 Å². The minimum atomic E-state index is -1.42. The van der Waals surface area contributed by atoms with Gasteiger partial charge in [-0.3, -0.25) is 9.97 Å². The highest BCUT2D eigenvalue weighted by Gasteiger charge is 2.29. The molecule has 0 spiro atoms. The van der Waals surface area contributed by atoms with Crippen LogP contribution in [0, 0.1) is 31.3 Å². The van der Waals surface area contributed by atoms with Crippen molar-refractivity contribution in [2.75, 3.05) is 0 Å². The van der Waals surface area contributed by atoms with Gasteiger partial charge in [0.05, 0.1) is 27.9 Å². The molecule has 62 heavy (non-hydrogen) atoms. The van der Waals surface area contributed by atoms with E-state index in [1.165, 1.54) is 34.6 Å². The lowest BCUT2D eigenvalue weighted by Crippen LogP contribution is -2.30. The molecule has 10 aromatic rings. The number of aromatic amines is 2. The Morgan fingerprint density at radius 2 is 1.16 bits per heavy atom. The van der Waals surface area contributed by atoms with Gasteiger partial charge in [0, 0.05) is 62.3 Å². The summed E-state index contributed by atoms with van der Waals surface area (Å²) < 4.78 is 11.9. The molecule has 14 heteroatoms. The van der Waals surface area contributed by atoms with Crippen LogP contribution >= 0.6 is 22.6 Å². The number of H-pyrrole nitrogens is 2. The molecule has 2 aliphatic rings. The molecule has 0 unspecified atom stereocenters. The maximum atomic E-state index is 9.06. The number of aryl methyl sites for hydroxylation is 4. The number of aromatic nitrogens is 8. The van der Waals surface area contributed by atoms with E-state index in [0.717, 1.165) is 106 Å². The number of halogens is 1. The van der Waals surface area contributed by atoms with Crippen molar-refractivity contribution in [2.45, 2.75) is 65.2 Å². The predicted molar refractivity (Wildman–Crippen MR) is 251 cm³/mol. The van der Waals surface area contributed by atoms with Crippen molar-refractivity contribution >= 4 is 78.8 Å². The van der Waals surface area contributed by atoms with E-state index >= 15 is 0 Å². The number of imidazole rings is 2. The number of hydrogen-bond acceptors (Lipinski definition) is 10. The second-order valence-corrected chi connectivity index (χ2v) is 17.3. The van der Waals surface area contributed by atoms with Crippen molar-refractivity contribution < 1.29 is 19.1 Å². The summed E-state index contributed by atoms with van der Waals surface area (Å²) in [5, 5.41) is 30.4. The van der Waals surface area contributed by atoms with Crippen LogP contribution in [0.15, 0.2) is 107 Å². The van der Waals surface area contributed by atoms with Crippen LogP contribution in [0.3, 0.4) is 0 Å². The topological polar surface area (TPSA) is 176 Å². The van der Waals surface area contributed by atoms with E-state index in [2.05, 4.69) is 101 Å². The fourth-order valence-electron chi connectivity index (χ4n) is 8.35. The standard InChI is InChI=1S/C24H20N4O.C15H14IN3O.C9H8BNO2/c1-13-22(14(2)29-28-13)17-10-20(19-5-3-4-16-12-25-9-8-18(16)19)23-21(11-17)26-24(27-23)15-6-7-15;1-7-13(8(2)20-19-7)10-5-11(16)14-12(6-10)17-15(18-14)9-3-4-9;12-10(13)9-3-1-2-7-6-11-5-4-8(7)9/h3-5,8-12,15H,6-7H2,1-2H3,(H,26,27);5-6,9H,3-4H2,1-2H3,(H,17,18);1-6,12-13H. The van der Waals surface area contributed by atoms with Crippen molar-refractivity contribution in [3.8, 4) is 33.4 Å². The molecule has 4 N–H and O–H groups in total. The zero-order valence-electron chi connectivity index (χ0n) is 34.6. The predicted octanol–water partition coefficient (Wildman–Crippen LogP) is 10.2. The van der Waals surface area contributed by atoms with Crippen molar-refractivity contribution in [3.05, 3.63) is 136 Å². The fraction of sp³-hybridized carbons (Fsp3) is 0.208. The molecule has 0 aliphatic heterocycles. The Kier molecular flexibility index (Phi) is 10.4. The fourth-order valence-corrected chi connectivity index (χ4v) is 9.09.